The Kier molecular flexibility index (Phi) is 5.74. The van der Waals surface area contributed by atoms with Gasteiger partial charge in [0.15, 0.2) is 5.58 Å². The van der Waals surface area contributed by atoms with Crippen LogP contribution in [0.15, 0.2) is 89.3 Å². The number of nitrogens with one attached hydrogen (secondary N) is 2. The molecule has 2 N–H and O–H groups in total. The number of para-hydroxylation sites is 1. The highest BCUT2D eigenvalue weighted by Crippen LogP contribution is 2.31. The number of carbonyl (C=O) groups is 1. The predicted octanol–water partition coefficient (Wildman–Crippen LogP) is 5.31. The Hall–Kier alpha value is -4.00. The summed E-state index contributed by atoms with van der Waals surface area (Å²) in [6.45, 7) is 5.03. The first kappa shape index (κ1) is 21.5. The van der Waals surface area contributed by atoms with Crippen LogP contribution in [0.5, 0.6) is 0 Å². The number of nitrogens with zero attached hydrogens (tertiary/aromatic N) is 2. The molecule has 1 amide bonds. The number of hydrogen-bond acceptors (Lipinski definition) is 5. The lowest BCUT2D eigenvalue weighted by Crippen LogP contribution is -2.42. The van der Waals surface area contributed by atoms with Gasteiger partial charge in [-0.1, -0.05) is 54.6 Å². The maximum atomic E-state index is 13.2. The molecule has 1 aliphatic heterocycles. The molecule has 6 rings (SSSR count). The van der Waals surface area contributed by atoms with Crippen molar-refractivity contribution in [3.8, 4) is 11.5 Å². The quantitative estimate of drug-likeness (QED) is 0.371. The van der Waals surface area contributed by atoms with Crippen molar-refractivity contribution in [2.75, 3.05) is 31.5 Å². The highest BCUT2D eigenvalue weighted by molar-refractivity contribution is 6.13. The summed E-state index contributed by atoms with van der Waals surface area (Å²) in [5.41, 5.74) is 4.81. The Balaban J connectivity index is 1.29. The van der Waals surface area contributed by atoms with Gasteiger partial charge >= 0.3 is 0 Å². The highest BCUT2D eigenvalue weighted by Gasteiger charge is 2.17. The normalized spacial score (nSPS) is 14.4. The van der Waals surface area contributed by atoms with E-state index in [1.165, 1.54) is 5.56 Å². The molecule has 174 valence electrons. The number of carbonyl (C=O) groups excluding carboxylic acids is 1. The molecule has 35 heavy (non-hydrogen) atoms. The van der Waals surface area contributed by atoms with Crippen LogP contribution in [0.3, 0.4) is 0 Å². The Morgan fingerprint density at radius 1 is 0.943 bits per heavy atom. The second-order valence-electron chi connectivity index (χ2n) is 8.87. The van der Waals surface area contributed by atoms with Gasteiger partial charge in [-0.2, -0.15) is 0 Å². The topological polar surface area (TPSA) is 70.4 Å². The molecule has 1 fully saturated rings. The number of amides is 1. The van der Waals surface area contributed by atoms with Gasteiger partial charge in [0.25, 0.3) is 5.91 Å². The van der Waals surface area contributed by atoms with Gasteiger partial charge < -0.3 is 15.1 Å². The average Bonchev–Trinajstić information content (AvgIpc) is 3.32. The summed E-state index contributed by atoms with van der Waals surface area (Å²) in [6.07, 6.45) is 0. The smallest absolute Gasteiger partial charge is 0.256 e. The van der Waals surface area contributed by atoms with E-state index in [0.717, 1.165) is 60.2 Å². The molecule has 0 radical (unpaired) electrons. The largest absolute Gasteiger partial charge is 0.436 e. The molecular formula is C29H26N4O2. The Labute approximate surface area is 203 Å². The minimum atomic E-state index is -0.163. The molecule has 6 nitrogen and oxygen atoms in total. The fraction of sp³-hybridized carbons (Fsp3) is 0.172. The number of aromatic nitrogens is 1. The van der Waals surface area contributed by atoms with Crippen molar-refractivity contribution in [3.63, 3.8) is 0 Å². The zero-order valence-corrected chi connectivity index (χ0v) is 19.3. The second kappa shape index (κ2) is 9.33. The maximum Gasteiger partial charge on any atom is 0.256 e. The van der Waals surface area contributed by atoms with Crippen molar-refractivity contribution in [2.24, 2.45) is 0 Å². The van der Waals surface area contributed by atoms with Crippen LogP contribution in [-0.2, 0) is 6.54 Å². The van der Waals surface area contributed by atoms with E-state index in [0.29, 0.717) is 17.1 Å². The van der Waals surface area contributed by atoms with Crippen LogP contribution in [0.4, 0.5) is 5.69 Å². The maximum absolute atomic E-state index is 13.2. The van der Waals surface area contributed by atoms with Crippen molar-refractivity contribution in [3.05, 3.63) is 96.1 Å². The Morgan fingerprint density at radius 3 is 2.66 bits per heavy atom. The summed E-state index contributed by atoms with van der Waals surface area (Å²) in [6, 6.07) is 27.5. The van der Waals surface area contributed by atoms with Crippen molar-refractivity contribution in [2.45, 2.75) is 6.54 Å². The molecule has 0 unspecified atom stereocenters. The van der Waals surface area contributed by atoms with Crippen LogP contribution in [0.2, 0.25) is 0 Å². The number of fused-ring (bicyclic) bond motifs is 2. The van der Waals surface area contributed by atoms with E-state index >= 15 is 0 Å². The zero-order valence-electron chi connectivity index (χ0n) is 19.3. The second-order valence-corrected chi connectivity index (χ2v) is 8.87. The van der Waals surface area contributed by atoms with Crippen molar-refractivity contribution in [1.82, 2.24) is 15.2 Å². The lowest BCUT2D eigenvalue weighted by Gasteiger charge is -2.27. The van der Waals surface area contributed by atoms with E-state index in [1.807, 2.05) is 72.8 Å². The van der Waals surface area contributed by atoms with E-state index in [4.69, 9.17) is 9.40 Å². The molecule has 0 aliphatic carbocycles. The summed E-state index contributed by atoms with van der Waals surface area (Å²) in [4.78, 5) is 20.4. The van der Waals surface area contributed by atoms with Gasteiger partial charge in [-0.05, 0) is 46.7 Å². The van der Waals surface area contributed by atoms with Gasteiger partial charge in [-0.25, -0.2) is 4.98 Å². The number of piperazine rings is 1. The molecule has 5 aromatic rings. The fourth-order valence-electron chi connectivity index (χ4n) is 4.70. The van der Waals surface area contributed by atoms with Crippen LogP contribution >= 0.6 is 0 Å². The molecule has 1 aliphatic rings. The molecule has 0 saturated carbocycles. The lowest BCUT2D eigenvalue weighted by molar-refractivity contribution is 0.102. The highest BCUT2D eigenvalue weighted by atomic mass is 16.3. The third kappa shape index (κ3) is 4.41. The third-order valence-electron chi connectivity index (χ3n) is 6.51. The molecule has 6 heteroatoms. The average molecular weight is 463 g/mol. The molecule has 4 aromatic carbocycles. The van der Waals surface area contributed by atoms with Crippen LogP contribution in [0, 0.1) is 0 Å². The molecule has 1 aromatic heterocycles. The predicted molar refractivity (Wildman–Crippen MR) is 139 cm³/mol. The number of benzene rings is 4. The Bertz CT molecular complexity index is 1510. The molecule has 0 atom stereocenters. The Morgan fingerprint density at radius 2 is 1.74 bits per heavy atom. The first-order chi connectivity index (χ1) is 17.2. The first-order valence-corrected chi connectivity index (χ1v) is 12.0. The summed E-state index contributed by atoms with van der Waals surface area (Å²) < 4.78 is 6.19. The summed E-state index contributed by atoms with van der Waals surface area (Å²) in [5.74, 6) is 0.330. The number of hydrogen-bond donors (Lipinski definition) is 2. The van der Waals surface area contributed by atoms with Crippen LogP contribution in [0.25, 0.3) is 33.3 Å². The molecule has 0 bridgehead atoms. The van der Waals surface area contributed by atoms with Crippen molar-refractivity contribution in [1.29, 1.82) is 0 Å². The summed E-state index contributed by atoms with van der Waals surface area (Å²) in [5, 5.41) is 8.42. The van der Waals surface area contributed by atoms with Gasteiger partial charge in [0.05, 0.1) is 11.3 Å². The number of oxazole rings is 1. The third-order valence-corrected chi connectivity index (χ3v) is 6.51. The molecule has 1 saturated heterocycles. The van der Waals surface area contributed by atoms with Gasteiger partial charge in [0, 0.05) is 38.3 Å². The van der Waals surface area contributed by atoms with Crippen LogP contribution < -0.4 is 10.6 Å². The monoisotopic (exact) mass is 462 g/mol. The standard InChI is InChI=1S/C29H26N4O2/c34-28(23-10-5-7-21-6-1-2-8-22(21)23)31-25-11-4-3-9-24(25)29-32-26-13-12-20(18-27(26)35-29)19-33-16-14-30-15-17-33/h1-13,18,30H,14-17,19H2,(H,31,34). The zero-order chi connectivity index (χ0) is 23.6. The van der Waals surface area contributed by atoms with Crippen LogP contribution in [-0.4, -0.2) is 42.0 Å². The minimum Gasteiger partial charge on any atom is -0.436 e. The van der Waals surface area contributed by atoms with Gasteiger partial charge in [0.1, 0.15) is 5.52 Å². The van der Waals surface area contributed by atoms with E-state index in [2.05, 4.69) is 27.7 Å². The molecule has 0 spiro atoms. The van der Waals surface area contributed by atoms with Crippen LogP contribution in [0.1, 0.15) is 15.9 Å². The number of rotatable bonds is 5. The van der Waals surface area contributed by atoms with Gasteiger partial charge in [0.2, 0.25) is 5.89 Å². The van der Waals surface area contributed by atoms with E-state index in [1.54, 1.807) is 0 Å². The van der Waals surface area contributed by atoms with Gasteiger partial charge in [-0.3, -0.25) is 9.69 Å². The summed E-state index contributed by atoms with van der Waals surface area (Å²) >= 11 is 0. The van der Waals surface area contributed by atoms with E-state index in [9.17, 15) is 4.79 Å². The fourth-order valence-corrected chi connectivity index (χ4v) is 4.70. The number of anilines is 1. The SMILES string of the molecule is O=C(Nc1ccccc1-c1nc2ccc(CN3CCNCC3)cc2o1)c1cccc2ccccc12. The van der Waals surface area contributed by atoms with Gasteiger partial charge in [-0.15, -0.1) is 0 Å². The van der Waals surface area contributed by atoms with Crippen molar-refractivity contribution < 1.29 is 9.21 Å². The lowest BCUT2D eigenvalue weighted by atomic mass is 10.0. The minimum absolute atomic E-state index is 0.163. The molecule has 2 heterocycles. The first-order valence-electron chi connectivity index (χ1n) is 12.0. The van der Waals surface area contributed by atoms with Crippen molar-refractivity contribution >= 4 is 33.5 Å². The summed E-state index contributed by atoms with van der Waals surface area (Å²) in [7, 11) is 0. The van der Waals surface area contributed by atoms with E-state index in [-0.39, 0.29) is 5.91 Å². The van der Waals surface area contributed by atoms with E-state index < -0.39 is 0 Å². The molecular weight excluding hydrogens is 436 g/mol.